The van der Waals surface area contributed by atoms with E-state index in [1.54, 1.807) is 6.07 Å². The average Bonchev–Trinajstić information content (AvgIpc) is 2.40. The second-order valence-electron chi connectivity index (χ2n) is 4.13. The number of benzene rings is 2. The lowest BCUT2D eigenvalue weighted by Crippen LogP contribution is -2.05. The smallest absolute Gasteiger partial charge is 0.145 e. The van der Waals surface area contributed by atoms with Crippen LogP contribution >= 0.6 is 0 Å². The summed E-state index contributed by atoms with van der Waals surface area (Å²) in [6.45, 7) is 2.92. The van der Waals surface area contributed by atoms with Crippen molar-refractivity contribution in [3.05, 3.63) is 53.8 Å². The van der Waals surface area contributed by atoms with Gasteiger partial charge in [-0.2, -0.15) is 0 Å². The van der Waals surface area contributed by atoms with Gasteiger partial charge in [0.2, 0.25) is 0 Å². The Morgan fingerprint density at radius 3 is 2.74 bits per heavy atom. The molecule has 0 aliphatic heterocycles. The van der Waals surface area contributed by atoms with Gasteiger partial charge in [0.25, 0.3) is 0 Å². The third-order valence-electron chi connectivity index (χ3n) is 2.77. The second-order valence-corrected chi connectivity index (χ2v) is 4.13. The minimum Gasteiger partial charge on any atom is -0.492 e. The molecule has 4 heteroatoms. The summed E-state index contributed by atoms with van der Waals surface area (Å²) in [6.07, 6.45) is 0. The lowest BCUT2D eigenvalue weighted by atomic mass is 10.2. The van der Waals surface area contributed by atoms with E-state index < -0.39 is 0 Å². The minimum absolute atomic E-state index is 0.312. The fourth-order valence-electron chi connectivity index (χ4n) is 1.80. The molecule has 3 nitrogen and oxygen atoms in total. The van der Waals surface area contributed by atoms with Crippen LogP contribution in [0.2, 0.25) is 0 Å². The Hall–Kier alpha value is -2.23. The molecule has 0 saturated heterocycles. The Kier molecular flexibility index (Phi) is 4.23. The number of hydrogen-bond donors (Lipinski definition) is 2. The predicted molar refractivity (Wildman–Crippen MR) is 75.8 cm³/mol. The van der Waals surface area contributed by atoms with E-state index in [1.165, 1.54) is 12.1 Å². The van der Waals surface area contributed by atoms with E-state index in [4.69, 9.17) is 10.5 Å². The average molecular weight is 260 g/mol. The van der Waals surface area contributed by atoms with Crippen LogP contribution in [0.5, 0.6) is 5.75 Å². The molecule has 0 aliphatic carbocycles. The molecule has 0 aromatic heterocycles. The van der Waals surface area contributed by atoms with Crippen LogP contribution in [0.25, 0.3) is 0 Å². The summed E-state index contributed by atoms with van der Waals surface area (Å²) in [5.74, 6) is 0.199. The molecule has 0 aliphatic rings. The number of ether oxygens (including phenoxy) is 1. The molecule has 0 atom stereocenters. The second kappa shape index (κ2) is 6.09. The third-order valence-corrected chi connectivity index (χ3v) is 2.77. The van der Waals surface area contributed by atoms with Crippen molar-refractivity contribution in [2.75, 3.05) is 17.7 Å². The van der Waals surface area contributed by atoms with Crippen molar-refractivity contribution in [1.29, 1.82) is 0 Å². The normalized spacial score (nSPS) is 10.2. The van der Waals surface area contributed by atoms with Crippen LogP contribution in [0.1, 0.15) is 12.5 Å². The van der Waals surface area contributed by atoms with Gasteiger partial charge in [-0.15, -0.1) is 0 Å². The zero-order chi connectivity index (χ0) is 13.7. The van der Waals surface area contributed by atoms with Gasteiger partial charge >= 0.3 is 0 Å². The number of rotatable bonds is 5. The van der Waals surface area contributed by atoms with E-state index in [0.717, 1.165) is 16.9 Å². The molecule has 2 aromatic carbocycles. The van der Waals surface area contributed by atoms with Gasteiger partial charge < -0.3 is 15.8 Å². The molecular formula is C15H17FN2O. The Balaban J connectivity index is 2.13. The van der Waals surface area contributed by atoms with Crippen molar-refractivity contribution >= 4 is 11.4 Å². The Morgan fingerprint density at radius 2 is 2.00 bits per heavy atom. The number of nitrogen functional groups attached to an aromatic ring is 1. The molecule has 0 unspecified atom stereocenters. The van der Waals surface area contributed by atoms with Crippen LogP contribution < -0.4 is 15.8 Å². The highest BCUT2D eigenvalue weighted by atomic mass is 19.1. The van der Waals surface area contributed by atoms with E-state index in [2.05, 4.69) is 5.32 Å². The monoisotopic (exact) mass is 260 g/mol. The zero-order valence-corrected chi connectivity index (χ0v) is 10.8. The lowest BCUT2D eigenvalue weighted by Gasteiger charge is -2.13. The number of anilines is 2. The van der Waals surface area contributed by atoms with Gasteiger partial charge in [-0.05, 0) is 30.7 Å². The molecule has 0 heterocycles. The highest BCUT2D eigenvalue weighted by Gasteiger charge is 2.05. The summed E-state index contributed by atoms with van der Waals surface area (Å²) in [6, 6.07) is 12.1. The molecule has 0 spiro atoms. The zero-order valence-electron chi connectivity index (χ0n) is 10.8. The molecule has 0 fully saturated rings. The topological polar surface area (TPSA) is 47.3 Å². The molecule has 19 heavy (non-hydrogen) atoms. The maximum atomic E-state index is 13.2. The van der Waals surface area contributed by atoms with Gasteiger partial charge in [-0.25, -0.2) is 4.39 Å². The summed E-state index contributed by atoms with van der Waals surface area (Å²) >= 11 is 0. The predicted octanol–water partition coefficient (Wildman–Crippen LogP) is 3.42. The summed E-state index contributed by atoms with van der Waals surface area (Å²) in [7, 11) is 0. The number of hydrogen-bond acceptors (Lipinski definition) is 3. The SMILES string of the molecule is CCOc1cc(F)ccc1NCc1ccccc1N. The number of halogens is 1. The quantitative estimate of drug-likeness (QED) is 0.810. The van der Waals surface area contributed by atoms with Crippen molar-refractivity contribution in [3.63, 3.8) is 0 Å². The van der Waals surface area contributed by atoms with Crippen LogP contribution in [-0.4, -0.2) is 6.61 Å². The first-order valence-corrected chi connectivity index (χ1v) is 6.20. The number of nitrogens with one attached hydrogen (secondary N) is 1. The van der Waals surface area contributed by atoms with Crippen molar-refractivity contribution < 1.29 is 9.13 Å². The molecule has 0 radical (unpaired) electrons. The first kappa shape index (κ1) is 13.2. The summed E-state index contributed by atoms with van der Waals surface area (Å²) in [5.41, 5.74) is 8.36. The number of para-hydroxylation sites is 1. The van der Waals surface area contributed by atoms with Crippen LogP contribution in [0.3, 0.4) is 0 Å². The fourth-order valence-corrected chi connectivity index (χ4v) is 1.80. The van der Waals surface area contributed by atoms with Gasteiger partial charge in [0.05, 0.1) is 12.3 Å². The van der Waals surface area contributed by atoms with Crippen molar-refractivity contribution in [2.45, 2.75) is 13.5 Å². The maximum Gasteiger partial charge on any atom is 0.145 e. The van der Waals surface area contributed by atoms with Crippen molar-refractivity contribution in [1.82, 2.24) is 0 Å². The summed E-state index contributed by atoms with van der Waals surface area (Å²) in [4.78, 5) is 0. The minimum atomic E-state index is -0.312. The van der Waals surface area contributed by atoms with Gasteiger partial charge in [0.15, 0.2) is 0 Å². The van der Waals surface area contributed by atoms with Crippen molar-refractivity contribution in [2.24, 2.45) is 0 Å². The highest BCUT2D eigenvalue weighted by Crippen LogP contribution is 2.26. The Labute approximate surface area is 112 Å². The molecular weight excluding hydrogens is 243 g/mol. The maximum absolute atomic E-state index is 13.2. The number of nitrogens with two attached hydrogens (primary N) is 1. The summed E-state index contributed by atoms with van der Waals surface area (Å²) < 4.78 is 18.6. The largest absolute Gasteiger partial charge is 0.492 e. The van der Waals surface area contributed by atoms with E-state index in [0.29, 0.717) is 18.9 Å². The Bertz CT molecular complexity index is 558. The van der Waals surface area contributed by atoms with E-state index in [9.17, 15) is 4.39 Å². The molecule has 2 rings (SSSR count). The van der Waals surface area contributed by atoms with Gasteiger partial charge in [0, 0.05) is 18.3 Å². The van der Waals surface area contributed by atoms with Gasteiger partial charge in [-0.1, -0.05) is 18.2 Å². The molecule has 2 aromatic rings. The van der Waals surface area contributed by atoms with Gasteiger partial charge in [-0.3, -0.25) is 0 Å². The van der Waals surface area contributed by atoms with E-state index >= 15 is 0 Å². The van der Waals surface area contributed by atoms with Crippen LogP contribution in [0.15, 0.2) is 42.5 Å². The van der Waals surface area contributed by atoms with E-state index in [-0.39, 0.29) is 5.82 Å². The molecule has 3 N–H and O–H groups in total. The third kappa shape index (κ3) is 3.37. The summed E-state index contributed by atoms with van der Waals surface area (Å²) in [5, 5.41) is 3.21. The molecule has 0 amide bonds. The van der Waals surface area contributed by atoms with E-state index in [1.807, 2.05) is 31.2 Å². The van der Waals surface area contributed by atoms with Crippen LogP contribution in [0.4, 0.5) is 15.8 Å². The molecule has 0 saturated carbocycles. The molecule has 100 valence electrons. The first-order chi connectivity index (χ1) is 9.20. The fraction of sp³-hybridized carbons (Fsp3) is 0.200. The molecule has 0 bridgehead atoms. The van der Waals surface area contributed by atoms with Crippen molar-refractivity contribution in [3.8, 4) is 5.75 Å². The van der Waals surface area contributed by atoms with Crippen LogP contribution in [0, 0.1) is 5.82 Å². The van der Waals surface area contributed by atoms with Gasteiger partial charge in [0.1, 0.15) is 11.6 Å². The lowest BCUT2D eigenvalue weighted by molar-refractivity contribution is 0.340. The first-order valence-electron chi connectivity index (χ1n) is 6.20. The van der Waals surface area contributed by atoms with Crippen LogP contribution in [-0.2, 0) is 6.54 Å². The Morgan fingerprint density at radius 1 is 1.21 bits per heavy atom. The standard InChI is InChI=1S/C15H17FN2O/c1-2-19-15-9-12(16)7-8-14(15)18-10-11-5-3-4-6-13(11)17/h3-9,18H,2,10,17H2,1H3. The highest BCUT2D eigenvalue weighted by molar-refractivity contribution is 5.58.